The van der Waals surface area contributed by atoms with Gasteiger partial charge in [0.1, 0.15) is 5.82 Å². The summed E-state index contributed by atoms with van der Waals surface area (Å²) >= 11 is 0. The van der Waals surface area contributed by atoms with Gasteiger partial charge in [-0.15, -0.1) is 0 Å². The monoisotopic (exact) mass is 347 g/mol. The molecule has 0 aromatic heterocycles. The number of hydrogen-bond acceptors (Lipinski definition) is 2. The summed E-state index contributed by atoms with van der Waals surface area (Å²) in [4.78, 5) is 24.6. The van der Waals surface area contributed by atoms with Crippen molar-refractivity contribution < 1.29 is 27.2 Å². The Kier molecular flexibility index (Phi) is 5.30. The van der Waals surface area contributed by atoms with Crippen LogP contribution < -0.4 is 10.6 Å². The minimum atomic E-state index is -4.84. The maximum Gasteiger partial charge on any atom is 0.419 e. The average molecular weight is 347 g/mol. The van der Waals surface area contributed by atoms with Gasteiger partial charge in [0.05, 0.1) is 5.56 Å². The second kappa shape index (κ2) is 7.06. The molecule has 3 amide bonds. The number of anilines is 1. The zero-order chi connectivity index (χ0) is 17.9. The smallest absolute Gasteiger partial charge is 0.352 e. The molecule has 1 aromatic carbocycles. The van der Waals surface area contributed by atoms with Crippen molar-refractivity contribution in [2.45, 2.75) is 32.0 Å². The number of rotatable bonds is 2. The van der Waals surface area contributed by atoms with Gasteiger partial charge in [-0.1, -0.05) is 0 Å². The fourth-order valence-corrected chi connectivity index (χ4v) is 2.59. The van der Waals surface area contributed by atoms with Gasteiger partial charge in [-0.3, -0.25) is 4.79 Å². The summed E-state index contributed by atoms with van der Waals surface area (Å²) in [5.74, 6) is -1.61. The van der Waals surface area contributed by atoms with E-state index >= 15 is 0 Å². The van der Waals surface area contributed by atoms with Crippen LogP contribution in [0.15, 0.2) is 18.2 Å². The number of carbonyl (C=O) groups excluding carboxylic acids is 2. The first kappa shape index (κ1) is 18.0. The molecule has 0 unspecified atom stereocenters. The second-order valence-corrected chi connectivity index (χ2v) is 5.61. The molecule has 0 spiro atoms. The molecule has 1 heterocycles. The minimum Gasteiger partial charge on any atom is -0.352 e. The molecule has 0 saturated carbocycles. The fourth-order valence-electron chi connectivity index (χ4n) is 2.59. The van der Waals surface area contributed by atoms with Crippen molar-refractivity contribution in [3.05, 3.63) is 29.6 Å². The van der Waals surface area contributed by atoms with E-state index in [2.05, 4.69) is 10.6 Å². The largest absolute Gasteiger partial charge is 0.419 e. The van der Waals surface area contributed by atoms with Gasteiger partial charge in [-0.05, 0) is 31.0 Å². The summed E-state index contributed by atoms with van der Waals surface area (Å²) in [5.41, 5.74) is -1.58. The Labute approximate surface area is 136 Å². The standard InChI is InChI=1S/C15H17F4N3O2/c1-9(23)20-11-3-2-6-22(8-11)14(24)21-10-4-5-13(16)12(7-10)15(17,18)19/h4-5,7,11H,2-3,6,8H2,1H3,(H,20,23)(H,21,24)/t11-/m1/s1. The number of hydrogen-bond donors (Lipinski definition) is 2. The van der Waals surface area contributed by atoms with Gasteiger partial charge in [0.15, 0.2) is 0 Å². The highest BCUT2D eigenvalue weighted by molar-refractivity contribution is 5.89. The SMILES string of the molecule is CC(=O)N[C@@H]1CCCN(C(=O)Nc2ccc(F)c(C(F)(F)F)c2)C1. The van der Waals surface area contributed by atoms with Crippen LogP contribution in [0.2, 0.25) is 0 Å². The molecule has 1 saturated heterocycles. The zero-order valence-electron chi connectivity index (χ0n) is 12.9. The third kappa shape index (κ3) is 4.59. The van der Waals surface area contributed by atoms with Gasteiger partial charge in [0.2, 0.25) is 5.91 Å². The van der Waals surface area contributed by atoms with Gasteiger partial charge in [-0.2, -0.15) is 13.2 Å². The number of nitrogens with one attached hydrogen (secondary N) is 2. The first-order valence-electron chi connectivity index (χ1n) is 7.36. The van der Waals surface area contributed by atoms with Crippen LogP contribution in [-0.2, 0) is 11.0 Å². The van der Waals surface area contributed by atoms with Gasteiger partial charge < -0.3 is 15.5 Å². The molecule has 1 fully saturated rings. The van der Waals surface area contributed by atoms with Gasteiger partial charge in [0.25, 0.3) is 0 Å². The molecule has 0 radical (unpaired) electrons. The molecule has 0 bridgehead atoms. The molecule has 1 aromatic rings. The van der Waals surface area contributed by atoms with Crippen LogP contribution in [0.4, 0.5) is 28.0 Å². The van der Waals surface area contributed by atoms with E-state index in [1.165, 1.54) is 11.8 Å². The summed E-state index contributed by atoms with van der Waals surface area (Å²) in [6, 6.07) is 1.50. The molecule has 9 heteroatoms. The van der Waals surface area contributed by atoms with Crippen molar-refractivity contribution >= 4 is 17.6 Å². The van der Waals surface area contributed by atoms with Crippen molar-refractivity contribution in [2.24, 2.45) is 0 Å². The molecule has 132 valence electrons. The lowest BCUT2D eigenvalue weighted by molar-refractivity contribution is -0.140. The Morgan fingerprint density at radius 2 is 2.00 bits per heavy atom. The van der Waals surface area contributed by atoms with Crippen molar-refractivity contribution in [3.63, 3.8) is 0 Å². The number of nitrogens with zero attached hydrogens (tertiary/aromatic N) is 1. The molecule has 1 aliphatic rings. The number of amides is 3. The number of alkyl halides is 3. The van der Waals surface area contributed by atoms with E-state index in [9.17, 15) is 27.2 Å². The number of likely N-dealkylation sites (tertiary alicyclic amines) is 1. The van der Waals surface area contributed by atoms with E-state index in [1.807, 2.05) is 0 Å². The fraction of sp³-hybridized carbons (Fsp3) is 0.467. The summed E-state index contributed by atoms with van der Waals surface area (Å²) in [6.07, 6.45) is -3.46. The molecule has 1 aliphatic heterocycles. The summed E-state index contributed by atoms with van der Waals surface area (Å²) in [7, 11) is 0. The molecular formula is C15H17F4N3O2. The first-order chi connectivity index (χ1) is 11.2. The quantitative estimate of drug-likeness (QED) is 0.808. The maximum absolute atomic E-state index is 13.2. The summed E-state index contributed by atoms with van der Waals surface area (Å²) in [6.45, 7) is 2.06. The van der Waals surface area contributed by atoms with Crippen molar-refractivity contribution in [1.29, 1.82) is 0 Å². The Morgan fingerprint density at radius 1 is 1.29 bits per heavy atom. The molecule has 0 aliphatic carbocycles. The summed E-state index contributed by atoms with van der Waals surface area (Å²) in [5, 5.41) is 5.04. The lowest BCUT2D eigenvalue weighted by atomic mass is 10.1. The summed E-state index contributed by atoms with van der Waals surface area (Å²) < 4.78 is 51.3. The number of piperidine rings is 1. The third-order valence-corrected chi connectivity index (χ3v) is 3.64. The van der Waals surface area contributed by atoms with Crippen LogP contribution >= 0.6 is 0 Å². The number of urea groups is 1. The van der Waals surface area contributed by atoms with Crippen molar-refractivity contribution in [1.82, 2.24) is 10.2 Å². The predicted octanol–water partition coefficient (Wildman–Crippen LogP) is 2.98. The Bertz CT molecular complexity index is 634. The third-order valence-electron chi connectivity index (χ3n) is 3.64. The minimum absolute atomic E-state index is 0.143. The predicted molar refractivity (Wildman–Crippen MR) is 78.8 cm³/mol. The number of benzene rings is 1. The Hall–Kier alpha value is -2.32. The van der Waals surface area contributed by atoms with Crippen LogP contribution in [0.1, 0.15) is 25.3 Å². The highest BCUT2D eigenvalue weighted by atomic mass is 19.4. The van der Waals surface area contributed by atoms with E-state index in [0.29, 0.717) is 25.1 Å². The zero-order valence-corrected chi connectivity index (χ0v) is 12.9. The molecule has 5 nitrogen and oxygen atoms in total. The van der Waals surface area contributed by atoms with Gasteiger partial charge in [0, 0.05) is 31.7 Å². The van der Waals surface area contributed by atoms with Crippen LogP contribution in [-0.4, -0.2) is 36.0 Å². The van der Waals surface area contributed by atoms with Gasteiger partial charge in [-0.25, -0.2) is 9.18 Å². The van der Waals surface area contributed by atoms with Crippen LogP contribution in [0, 0.1) is 5.82 Å². The Balaban J connectivity index is 2.05. The highest BCUT2D eigenvalue weighted by Crippen LogP contribution is 2.33. The van der Waals surface area contributed by atoms with Gasteiger partial charge >= 0.3 is 12.2 Å². The molecule has 2 N–H and O–H groups in total. The van der Waals surface area contributed by atoms with Crippen LogP contribution in [0.25, 0.3) is 0 Å². The maximum atomic E-state index is 13.2. The van der Waals surface area contributed by atoms with E-state index in [1.54, 1.807) is 0 Å². The normalized spacial score (nSPS) is 18.2. The van der Waals surface area contributed by atoms with E-state index < -0.39 is 23.6 Å². The van der Waals surface area contributed by atoms with E-state index in [4.69, 9.17) is 0 Å². The number of carbonyl (C=O) groups is 2. The molecule has 1 atom stereocenters. The molecule has 24 heavy (non-hydrogen) atoms. The van der Waals surface area contributed by atoms with Crippen molar-refractivity contribution in [3.8, 4) is 0 Å². The Morgan fingerprint density at radius 3 is 2.62 bits per heavy atom. The van der Waals surface area contributed by atoms with Crippen molar-refractivity contribution in [2.75, 3.05) is 18.4 Å². The lowest BCUT2D eigenvalue weighted by Crippen LogP contribution is -2.50. The highest BCUT2D eigenvalue weighted by Gasteiger charge is 2.34. The second-order valence-electron chi connectivity index (χ2n) is 5.61. The van der Waals surface area contributed by atoms with Crippen LogP contribution in [0.5, 0.6) is 0 Å². The molecule has 2 rings (SSSR count). The van der Waals surface area contributed by atoms with E-state index in [-0.39, 0.29) is 24.2 Å². The lowest BCUT2D eigenvalue weighted by Gasteiger charge is -2.33. The van der Waals surface area contributed by atoms with E-state index in [0.717, 1.165) is 12.5 Å². The van der Waals surface area contributed by atoms with Crippen LogP contribution in [0.3, 0.4) is 0 Å². The number of halogens is 4. The first-order valence-corrected chi connectivity index (χ1v) is 7.36. The molecular weight excluding hydrogens is 330 g/mol. The topological polar surface area (TPSA) is 61.4 Å². The average Bonchev–Trinajstić information content (AvgIpc) is 2.47.